The Morgan fingerprint density at radius 1 is 1.10 bits per heavy atom. The van der Waals surface area contributed by atoms with Crippen molar-refractivity contribution in [3.8, 4) is 6.01 Å². The number of para-hydroxylation sites is 2. The fourth-order valence-electron chi connectivity index (χ4n) is 3.22. The molecule has 0 aliphatic heterocycles. The molecule has 2 aromatic heterocycles. The lowest BCUT2D eigenvalue weighted by Crippen LogP contribution is -2.47. The van der Waals surface area contributed by atoms with E-state index in [4.69, 9.17) is 10.2 Å². The first-order valence-electron chi connectivity index (χ1n) is 9.53. The average molecular weight is 417 g/mol. The van der Waals surface area contributed by atoms with Gasteiger partial charge in [-0.3, -0.25) is 14.4 Å². The highest BCUT2D eigenvalue weighted by Crippen LogP contribution is 2.19. The van der Waals surface area contributed by atoms with Crippen LogP contribution in [0, 0.1) is 6.92 Å². The third-order valence-corrected chi connectivity index (χ3v) is 4.68. The number of carbonyl (C=O) groups is 3. The number of carbonyl (C=O) groups excluding carboxylic acids is 3. The van der Waals surface area contributed by atoms with Crippen molar-refractivity contribution >= 4 is 28.7 Å². The molecule has 2 amide bonds. The van der Waals surface area contributed by atoms with E-state index in [1.807, 2.05) is 18.2 Å². The number of nitrogens with two attached hydrogens (primary N) is 1. The number of nitrogens with zero attached hydrogens (tertiary/aromatic N) is 3. The van der Waals surface area contributed by atoms with Gasteiger partial charge < -0.3 is 15.5 Å². The Morgan fingerprint density at radius 3 is 2.52 bits per heavy atom. The Hall–Kier alpha value is -4.27. The summed E-state index contributed by atoms with van der Waals surface area (Å²) in [6.07, 6.45) is 0.115. The number of fused-ring (bicyclic) bond motifs is 1. The maximum atomic E-state index is 13.0. The molecule has 0 saturated carbocycles. The third-order valence-electron chi connectivity index (χ3n) is 4.68. The van der Waals surface area contributed by atoms with Gasteiger partial charge in [-0.25, -0.2) is 0 Å². The number of hydrogen-bond donors (Lipinski definition) is 2. The second kappa shape index (κ2) is 8.23. The molecule has 1 atom stereocenters. The minimum atomic E-state index is -1.13. The van der Waals surface area contributed by atoms with Gasteiger partial charge in [0.15, 0.2) is 5.58 Å². The summed E-state index contributed by atoms with van der Waals surface area (Å²) in [5.41, 5.74) is 7.78. The molecule has 2 heterocycles. The minimum Gasteiger partial charge on any atom is -0.422 e. The number of hydrogen-bond acceptors (Lipinski definition) is 6. The maximum Gasteiger partial charge on any atom is 0.324 e. The van der Waals surface area contributed by atoms with Gasteiger partial charge in [0.2, 0.25) is 5.78 Å². The van der Waals surface area contributed by atoms with E-state index in [2.05, 4.69) is 15.4 Å². The second-order valence-corrected chi connectivity index (χ2v) is 6.99. The van der Waals surface area contributed by atoms with Gasteiger partial charge in [-0.05, 0) is 30.7 Å². The molecule has 9 heteroatoms. The lowest BCUT2D eigenvalue weighted by Gasteiger charge is -2.16. The van der Waals surface area contributed by atoms with Crippen LogP contribution in [-0.2, 0) is 16.0 Å². The van der Waals surface area contributed by atoms with Crippen LogP contribution < -0.4 is 11.1 Å². The lowest BCUT2D eigenvalue weighted by molar-refractivity contribution is -0.137. The van der Waals surface area contributed by atoms with Crippen LogP contribution in [0.1, 0.15) is 21.7 Å². The predicted octanol–water partition coefficient (Wildman–Crippen LogP) is 1.72. The molecule has 0 aliphatic rings. The zero-order chi connectivity index (χ0) is 22.0. The second-order valence-electron chi connectivity index (χ2n) is 6.99. The third kappa shape index (κ3) is 4.20. The standard InChI is InChI=1S/C22H19N5O4/c1-13-11-17(27(26-13)22-25-15-9-5-6-10-18(15)31-22)21(30)24-16(19(28)20(23)29)12-14-7-3-2-4-8-14/h2-11,16H,12H2,1H3,(H2,23,29)(H,24,30). The SMILES string of the molecule is Cc1cc(C(=O)NC(Cc2ccccc2)C(=O)C(N)=O)n(-c2nc3ccccc3o2)n1. The molecule has 0 spiro atoms. The van der Waals surface area contributed by atoms with E-state index >= 15 is 0 Å². The Bertz CT molecular complexity index is 1240. The van der Waals surface area contributed by atoms with E-state index < -0.39 is 23.6 Å². The van der Waals surface area contributed by atoms with Gasteiger partial charge in [0.05, 0.1) is 5.69 Å². The van der Waals surface area contributed by atoms with Crippen molar-refractivity contribution in [2.75, 3.05) is 0 Å². The molecule has 0 bridgehead atoms. The molecule has 31 heavy (non-hydrogen) atoms. The summed E-state index contributed by atoms with van der Waals surface area (Å²) in [5, 5.41) is 6.89. The molecule has 9 nitrogen and oxygen atoms in total. The van der Waals surface area contributed by atoms with Crippen LogP contribution in [0.2, 0.25) is 0 Å². The van der Waals surface area contributed by atoms with Crippen molar-refractivity contribution < 1.29 is 18.8 Å². The number of primary amides is 1. The first kappa shape index (κ1) is 20.0. The van der Waals surface area contributed by atoms with Crippen molar-refractivity contribution in [3.63, 3.8) is 0 Å². The van der Waals surface area contributed by atoms with Crippen LogP contribution >= 0.6 is 0 Å². The van der Waals surface area contributed by atoms with Crippen molar-refractivity contribution in [1.29, 1.82) is 0 Å². The Balaban J connectivity index is 1.65. The molecule has 0 aliphatic carbocycles. The molecule has 4 aromatic rings. The van der Waals surface area contributed by atoms with Crippen molar-refractivity contribution in [3.05, 3.63) is 77.6 Å². The zero-order valence-corrected chi connectivity index (χ0v) is 16.6. The van der Waals surface area contributed by atoms with Gasteiger partial charge in [0, 0.05) is 6.42 Å². The highest BCUT2D eigenvalue weighted by molar-refractivity contribution is 6.38. The molecule has 3 N–H and O–H groups in total. The van der Waals surface area contributed by atoms with E-state index in [0.29, 0.717) is 16.8 Å². The number of Topliss-reactive ketones (excluding diaryl/α,β-unsaturated/α-hetero) is 1. The molecular formula is C22H19N5O4. The smallest absolute Gasteiger partial charge is 0.324 e. The molecule has 1 unspecified atom stereocenters. The summed E-state index contributed by atoms with van der Waals surface area (Å²) < 4.78 is 6.98. The molecule has 2 aromatic carbocycles. The van der Waals surface area contributed by atoms with Crippen LogP contribution in [0.3, 0.4) is 0 Å². The summed E-state index contributed by atoms with van der Waals surface area (Å²) in [4.78, 5) is 41.3. The molecule has 0 fully saturated rings. The number of nitrogens with one attached hydrogen (secondary N) is 1. The van der Waals surface area contributed by atoms with E-state index in [1.54, 1.807) is 49.4 Å². The van der Waals surface area contributed by atoms with Crippen LogP contribution in [0.4, 0.5) is 0 Å². The molecule has 4 rings (SSSR count). The van der Waals surface area contributed by atoms with Gasteiger partial charge in [-0.15, -0.1) is 0 Å². The Kier molecular flexibility index (Phi) is 5.31. The minimum absolute atomic E-state index is 0.111. The summed E-state index contributed by atoms with van der Waals surface area (Å²) in [7, 11) is 0. The van der Waals surface area contributed by atoms with Gasteiger partial charge >= 0.3 is 6.01 Å². The van der Waals surface area contributed by atoms with Crippen molar-refractivity contribution in [2.45, 2.75) is 19.4 Å². The molecule has 156 valence electrons. The van der Waals surface area contributed by atoms with E-state index in [9.17, 15) is 14.4 Å². The van der Waals surface area contributed by atoms with Gasteiger partial charge in [0.1, 0.15) is 17.3 Å². The van der Waals surface area contributed by atoms with Crippen molar-refractivity contribution in [1.82, 2.24) is 20.1 Å². The zero-order valence-electron chi connectivity index (χ0n) is 16.6. The maximum absolute atomic E-state index is 13.0. The summed E-state index contributed by atoms with van der Waals surface area (Å²) in [6.45, 7) is 1.71. The monoisotopic (exact) mass is 417 g/mol. The van der Waals surface area contributed by atoms with Crippen LogP contribution in [-0.4, -0.2) is 38.4 Å². The normalized spacial score (nSPS) is 11.9. The number of benzene rings is 2. The largest absolute Gasteiger partial charge is 0.422 e. The summed E-state index contributed by atoms with van der Waals surface area (Å²) in [6, 6.07) is 16.7. The molecule has 0 radical (unpaired) electrons. The Morgan fingerprint density at radius 2 is 1.81 bits per heavy atom. The van der Waals surface area contributed by atoms with Crippen LogP contribution in [0.5, 0.6) is 0 Å². The fourth-order valence-corrected chi connectivity index (χ4v) is 3.22. The van der Waals surface area contributed by atoms with Crippen LogP contribution in [0.25, 0.3) is 17.1 Å². The molecular weight excluding hydrogens is 398 g/mol. The number of amides is 2. The van der Waals surface area contributed by atoms with E-state index in [-0.39, 0.29) is 18.1 Å². The number of aryl methyl sites for hydroxylation is 1. The van der Waals surface area contributed by atoms with Crippen LogP contribution in [0.15, 0.2) is 65.1 Å². The van der Waals surface area contributed by atoms with E-state index in [0.717, 1.165) is 5.56 Å². The number of rotatable bonds is 7. The number of ketones is 1. The highest BCUT2D eigenvalue weighted by atomic mass is 16.4. The molecule has 0 saturated heterocycles. The highest BCUT2D eigenvalue weighted by Gasteiger charge is 2.28. The summed E-state index contributed by atoms with van der Waals surface area (Å²) in [5.74, 6) is -2.62. The average Bonchev–Trinajstić information content (AvgIpc) is 3.36. The van der Waals surface area contributed by atoms with Gasteiger partial charge in [0.25, 0.3) is 11.8 Å². The number of aromatic nitrogens is 3. The lowest BCUT2D eigenvalue weighted by atomic mass is 10.0. The summed E-state index contributed by atoms with van der Waals surface area (Å²) >= 11 is 0. The topological polar surface area (TPSA) is 133 Å². The van der Waals surface area contributed by atoms with Crippen molar-refractivity contribution in [2.24, 2.45) is 5.73 Å². The first-order chi connectivity index (χ1) is 14.9. The fraction of sp³-hybridized carbons (Fsp3) is 0.136. The number of oxazole rings is 1. The quantitative estimate of drug-likeness (QED) is 0.440. The van der Waals surface area contributed by atoms with Gasteiger partial charge in [-0.2, -0.15) is 14.8 Å². The first-order valence-corrected chi connectivity index (χ1v) is 9.53. The van der Waals surface area contributed by atoms with E-state index in [1.165, 1.54) is 4.68 Å². The Labute approximate surface area is 176 Å². The predicted molar refractivity (Wildman–Crippen MR) is 111 cm³/mol. The van der Waals surface area contributed by atoms with Gasteiger partial charge in [-0.1, -0.05) is 42.5 Å².